The predicted molar refractivity (Wildman–Crippen MR) is 102 cm³/mol. The summed E-state index contributed by atoms with van der Waals surface area (Å²) in [7, 11) is 0. The van der Waals surface area contributed by atoms with Crippen LogP contribution in [0.25, 0.3) is 0 Å². The summed E-state index contributed by atoms with van der Waals surface area (Å²) in [6, 6.07) is 6.87. The van der Waals surface area contributed by atoms with Gasteiger partial charge in [0, 0.05) is 44.3 Å². The molecule has 0 spiro atoms. The van der Waals surface area contributed by atoms with Gasteiger partial charge in [0.1, 0.15) is 0 Å². The van der Waals surface area contributed by atoms with E-state index in [0.717, 1.165) is 0 Å². The van der Waals surface area contributed by atoms with Crippen molar-refractivity contribution in [2.24, 2.45) is 0 Å². The molecule has 0 atom stereocenters. The number of nitrogens with zero attached hydrogens (tertiary/aromatic N) is 3. The molecule has 1 aliphatic heterocycles. The van der Waals surface area contributed by atoms with Crippen molar-refractivity contribution in [1.29, 1.82) is 0 Å². The molecule has 1 aromatic carbocycles. The first-order valence-electron chi connectivity index (χ1n) is 8.16. The lowest BCUT2D eigenvalue weighted by Gasteiger charge is -2.34. The Bertz CT molecular complexity index is 836. The summed E-state index contributed by atoms with van der Waals surface area (Å²) in [5, 5.41) is 4.17. The lowest BCUT2D eigenvalue weighted by molar-refractivity contribution is -0.130. The Kier molecular flexibility index (Phi) is 5.64. The summed E-state index contributed by atoms with van der Waals surface area (Å²) in [4.78, 5) is 31.7. The molecule has 0 radical (unpaired) electrons. The Morgan fingerprint density at radius 3 is 2.38 bits per heavy atom. The van der Waals surface area contributed by atoms with Crippen molar-refractivity contribution in [3.05, 3.63) is 52.3 Å². The van der Waals surface area contributed by atoms with E-state index in [2.05, 4.69) is 10.3 Å². The molecular weight excluding hydrogens is 375 g/mol. The zero-order chi connectivity index (χ0) is 18.7. The van der Waals surface area contributed by atoms with Gasteiger partial charge in [0.15, 0.2) is 0 Å². The van der Waals surface area contributed by atoms with Gasteiger partial charge in [-0.2, -0.15) is 0 Å². The molecule has 1 aliphatic rings. The van der Waals surface area contributed by atoms with Crippen LogP contribution in [-0.4, -0.2) is 52.8 Å². The summed E-state index contributed by atoms with van der Waals surface area (Å²) >= 11 is 12.1. The molecule has 136 valence electrons. The highest BCUT2D eigenvalue weighted by molar-refractivity contribution is 6.36. The van der Waals surface area contributed by atoms with E-state index in [1.165, 1.54) is 6.20 Å². The molecule has 1 fully saturated rings. The monoisotopic (exact) mass is 392 g/mol. The van der Waals surface area contributed by atoms with Gasteiger partial charge in [-0.3, -0.25) is 14.6 Å². The maximum absolute atomic E-state index is 12.7. The van der Waals surface area contributed by atoms with Crippen LogP contribution in [0.5, 0.6) is 0 Å². The molecule has 1 N–H and O–H groups in total. The van der Waals surface area contributed by atoms with E-state index < -0.39 is 0 Å². The van der Waals surface area contributed by atoms with Gasteiger partial charge in [-0.25, -0.2) is 0 Å². The maximum Gasteiger partial charge on any atom is 0.255 e. The topological polar surface area (TPSA) is 65.5 Å². The van der Waals surface area contributed by atoms with E-state index in [-0.39, 0.29) is 11.8 Å². The lowest BCUT2D eigenvalue weighted by atomic mass is 10.2. The van der Waals surface area contributed by atoms with Crippen molar-refractivity contribution in [1.82, 2.24) is 14.8 Å². The minimum Gasteiger partial charge on any atom is -0.353 e. The molecule has 2 amide bonds. The number of halogens is 2. The Labute approximate surface area is 161 Å². The van der Waals surface area contributed by atoms with E-state index in [9.17, 15) is 9.59 Å². The SMILES string of the molecule is CC(=O)N1CCN(C(=O)c2cncc(Nc3ccc(Cl)cc3Cl)c2)CC1. The number of amides is 2. The predicted octanol–water partition coefficient (Wildman–Crippen LogP) is 3.44. The Hall–Kier alpha value is -2.31. The number of aromatic nitrogens is 1. The first-order chi connectivity index (χ1) is 12.4. The minimum absolute atomic E-state index is 0.0322. The Morgan fingerprint density at radius 2 is 1.73 bits per heavy atom. The highest BCUT2D eigenvalue weighted by atomic mass is 35.5. The molecule has 0 saturated carbocycles. The van der Waals surface area contributed by atoms with Crippen LogP contribution < -0.4 is 5.32 Å². The highest BCUT2D eigenvalue weighted by Gasteiger charge is 2.23. The molecule has 1 saturated heterocycles. The van der Waals surface area contributed by atoms with Gasteiger partial charge in [0.05, 0.1) is 28.2 Å². The first kappa shape index (κ1) is 18.5. The second-order valence-corrected chi connectivity index (χ2v) is 6.85. The van der Waals surface area contributed by atoms with E-state index in [4.69, 9.17) is 23.2 Å². The van der Waals surface area contributed by atoms with Crippen molar-refractivity contribution in [3.8, 4) is 0 Å². The zero-order valence-corrected chi connectivity index (χ0v) is 15.7. The summed E-state index contributed by atoms with van der Waals surface area (Å²) in [5.74, 6) is -0.0728. The first-order valence-corrected chi connectivity index (χ1v) is 8.91. The molecule has 2 heterocycles. The van der Waals surface area contributed by atoms with E-state index >= 15 is 0 Å². The number of hydrogen-bond donors (Lipinski definition) is 1. The molecule has 2 aromatic rings. The van der Waals surface area contributed by atoms with Gasteiger partial charge in [-0.05, 0) is 24.3 Å². The van der Waals surface area contributed by atoms with E-state index in [1.54, 1.807) is 47.2 Å². The molecule has 26 heavy (non-hydrogen) atoms. The number of pyridine rings is 1. The summed E-state index contributed by atoms with van der Waals surface area (Å²) in [6.45, 7) is 3.66. The quantitative estimate of drug-likeness (QED) is 0.868. The molecule has 1 aromatic heterocycles. The smallest absolute Gasteiger partial charge is 0.255 e. The second kappa shape index (κ2) is 7.93. The largest absolute Gasteiger partial charge is 0.353 e. The molecule has 0 unspecified atom stereocenters. The van der Waals surface area contributed by atoms with Gasteiger partial charge >= 0.3 is 0 Å². The van der Waals surface area contributed by atoms with Gasteiger partial charge in [0.25, 0.3) is 5.91 Å². The standard InChI is InChI=1S/C18H18Cl2N4O2/c1-12(25)23-4-6-24(7-5-23)18(26)13-8-15(11-21-10-13)22-17-3-2-14(19)9-16(17)20/h2-3,8-11,22H,4-7H2,1H3. The number of benzene rings is 1. The molecule has 3 rings (SSSR count). The van der Waals surface area contributed by atoms with Crippen molar-refractivity contribution >= 4 is 46.4 Å². The average Bonchev–Trinajstić information content (AvgIpc) is 2.64. The van der Waals surface area contributed by atoms with Gasteiger partial charge in [0.2, 0.25) is 5.91 Å². The fourth-order valence-electron chi connectivity index (χ4n) is 2.78. The number of piperazine rings is 1. The van der Waals surface area contributed by atoms with Crippen LogP contribution in [0.3, 0.4) is 0 Å². The van der Waals surface area contributed by atoms with Crippen LogP contribution in [0.4, 0.5) is 11.4 Å². The van der Waals surface area contributed by atoms with Gasteiger partial charge in [-0.1, -0.05) is 23.2 Å². The Balaban J connectivity index is 1.71. The maximum atomic E-state index is 12.7. The van der Waals surface area contributed by atoms with Crippen molar-refractivity contribution in [2.45, 2.75) is 6.92 Å². The fraction of sp³-hybridized carbons (Fsp3) is 0.278. The van der Waals surface area contributed by atoms with Crippen molar-refractivity contribution < 1.29 is 9.59 Å². The lowest BCUT2D eigenvalue weighted by Crippen LogP contribution is -2.50. The molecular formula is C18H18Cl2N4O2. The number of carbonyl (C=O) groups is 2. The van der Waals surface area contributed by atoms with Gasteiger partial charge in [-0.15, -0.1) is 0 Å². The summed E-state index contributed by atoms with van der Waals surface area (Å²) in [6.07, 6.45) is 3.16. The van der Waals surface area contributed by atoms with E-state index in [1.807, 2.05) is 0 Å². The molecule has 6 nitrogen and oxygen atoms in total. The third kappa shape index (κ3) is 4.26. The second-order valence-electron chi connectivity index (χ2n) is 6.01. The third-order valence-electron chi connectivity index (χ3n) is 4.21. The van der Waals surface area contributed by atoms with Crippen LogP contribution in [0.15, 0.2) is 36.7 Å². The number of rotatable bonds is 3. The van der Waals surface area contributed by atoms with Crippen LogP contribution in [0.2, 0.25) is 10.0 Å². The number of hydrogen-bond acceptors (Lipinski definition) is 4. The number of anilines is 2. The number of carbonyl (C=O) groups excluding carboxylic acids is 2. The summed E-state index contributed by atoms with van der Waals surface area (Å²) in [5.41, 5.74) is 1.82. The summed E-state index contributed by atoms with van der Waals surface area (Å²) < 4.78 is 0. The highest BCUT2D eigenvalue weighted by Crippen LogP contribution is 2.28. The average molecular weight is 393 g/mol. The molecule has 0 bridgehead atoms. The van der Waals surface area contributed by atoms with Crippen LogP contribution in [-0.2, 0) is 4.79 Å². The van der Waals surface area contributed by atoms with Crippen molar-refractivity contribution in [2.75, 3.05) is 31.5 Å². The third-order valence-corrected chi connectivity index (χ3v) is 4.76. The molecule has 8 heteroatoms. The zero-order valence-electron chi connectivity index (χ0n) is 14.2. The van der Waals surface area contributed by atoms with Crippen molar-refractivity contribution in [3.63, 3.8) is 0 Å². The van der Waals surface area contributed by atoms with Crippen LogP contribution >= 0.6 is 23.2 Å². The van der Waals surface area contributed by atoms with Crippen LogP contribution in [0, 0.1) is 0 Å². The normalized spacial score (nSPS) is 14.3. The van der Waals surface area contributed by atoms with Crippen LogP contribution in [0.1, 0.15) is 17.3 Å². The molecule has 0 aliphatic carbocycles. The fourth-order valence-corrected chi connectivity index (χ4v) is 3.23. The number of nitrogens with one attached hydrogen (secondary N) is 1. The van der Waals surface area contributed by atoms with E-state index in [0.29, 0.717) is 53.2 Å². The Morgan fingerprint density at radius 1 is 1.04 bits per heavy atom. The van der Waals surface area contributed by atoms with Gasteiger partial charge < -0.3 is 15.1 Å². The minimum atomic E-state index is -0.105.